The molecule has 0 heterocycles. The number of nitrogens with one attached hydrogen (secondary N) is 1. The first-order valence-electron chi connectivity index (χ1n) is 12.5. The van der Waals surface area contributed by atoms with E-state index in [1.54, 1.807) is 90.1 Å². The summed E-state index contributed by atoms with van der Waals surface area (Å²) in [5.74, 6) is -3.70. The molecule has 0 aliphatic carbocycles. The Kier molecular flexibility index (Phi) is 12.0. The van der Waals surface area contributed by atoms with Gasteiger partial charge in [-0.05, 0) is 76.6 Å². The van der Waals surface area contributed by atoms with Crippen molar-refractivity contribution in [2.45, 2.75) is 69.7 Å². The van der Waals surface area contributed by atoms with Gasteiger partial charge < -0.3 is 25.0 Å². The van der Waals surface area contributed by atoms with Gasteiger partial charge in [0, 0.05) is 21.4 Å². The maximum Gasteiger partial charge on any atom is 0.329 e. The summed E-state index contributed by atoms with van der Waals surface area (Å²) < 4.78 is 12.4. The molecule has 0 aromatic heterocycles. The Bertz CT molecular complexity index is 1180. The van der Waals surface area contributed by atoms with Gasteiger partial charge in [0.25, 0.3) is 11.8 Å². The molecule has 0 spiro atoms. The number of benzene rings is 2. The van der Waals surface area contributed by atoms with Crippen molar-refractivity contribution in [2.75, 3.05) is 13.2 Å². The van der Waals surface area contributed by atoms with Gasteiger partial charge in [0.15, 0.2) is 12.1 Å². The first kappa shape index (κ1) is 33.1. The van der Waals surface area contributed by atoms with Crippen LogP contribution in [0.25, 0.3) is 0 Å². The maximum absolute atomic E-state index is 13.4. The van der Waals surface area contributed by atoms with Crippen LogP contribution in [0.4, 0.5) is 0 Å². The second-order valence-electron chi connectivity index (χ2n) is 10.7. The molecule has 40 heavy (non-hydrogen) atoms. The number of ether oxygens (including phenoxy) is 2. The van der Waals surface area contributed by atoms with Crippen LogP contribution in [-0.2, 0) is 19.1 Å². The molecule has 218 valence electrons. The molecule has 0 saturated carbocycles. The highest BCUT2D eigenvalue weighted by atomic mass is 33.1. The molecule has 2 unspecified atom stereocenters. The van der Waals surface area contributed by atoms with Gasteiger partial charge in [-0.2, -0.15) is 0 Å². The summed E-state index contributed by atoms with van der Waals surface area (Å²) >= 11 is 0. The Morgan fingerprint density at radius 1 is 0.825 bits per heavy atom. The van der Waals surface area contributed by atoms with Gasteiger partial charge in [-0.1, -0.05) is 30.3 Å². The number of aliphatic carboxylic acids is 2. The monoisotopic (exact) mass is 592 g/mol. The lowest BCUT2D eigenvalue weighted by atomic mass is 10.1. The second-order valence-corrected chi connectivity index (χ2v) is 12.8. The van der Waals surface area contributed by atoms with Gasteiger partial charge in [0.05, 0.1) is 30.0 Å². The van der Waals surface area contributed by atoms with Crippen molar-refractivity contribution in [3.05, 3.63) is 65.7 Å². The van der Waals surface area contributed by atoms with Gasteiger partial charge in [0.1, 0.15) is 0 Å². The highest BCUT2D eigenvalue weighted by Gasteiger charge is 2.34. The van der Waals surface area contributed by atoms with Crippen LogP contribution in [0.1, 0.15) is 62.3 Å². The highest BCUT2D eigenvalue weighted by Crippen LogP contribution is 2.38. The normalized spacial score (nSPS) is 13.2. The van der Waals surface area contributed by atoms with Crippen LogP contribution >= 0.6 is 21.8 Å². The molecule has 2 rings (SSSR count). The van der Waals surface area contributed by atoms with Crippen molar-refractivity contribution < 1.29 is 38.9 Å². The number of carboxylic acids is 2. The summed E-state index contributed by atoms with van der Waals surface area (Å²) in [6.45, 7) is 10.2. The second kappa shape index (κ2) is 14.5. The smallest absolute Gasteiger partial charge is 0.329 e. The van der Waals surface area contributed by atoms with Gasteiger partial charge in [-0.25, -0.2) is 9.59 Å². The van der Waals surface area contributed by atoms with Crippen molar-refractivity contribution in [1.29, 1.82) is 0 Å². The number of carbonyl (C=O) groups excluding carboxylic acids is 2. The van der Waals surface area contributed by atoms with Crippen molar-refractivity contribution in [3.8, 4) is 0 Å². The van der Waals surface area contributed by atoms with Crippen LogP contribution in [0.3, 0.4) is 0 Å². The summed E-state index contributed by atoms with van der Waals surface area (Å²) in [7, 11) is 1.86. The number of hydrogen-bond donors (Lipinski definition) is 3. The summed E-state index contributed by atoms with van der Waals surface area (Å²) in [6.07, 6.45) is 0. The summed E-state index contributed by atoms with van der Waals surface area (Å²) in [5, 5.41) is 22.1. The summed E-state index contributed by atoms with van der Waals surface area (Å²) in [5.41, 5.74) is -0.803. The zero-order chi connectivity index (χ0) is 30.1. The predicted molar refractivity (Wildman–Crippen MR) is 154 cm³/mol. The topological polar surface area (TPSA) is 142 Å². The van der Waals surface area contributed by atoms with E-state index < -0.39 is 47.0 Å². The first-order chi connectivity index (χ1) is 18.6. The summed E-state index contributed by atoms with van der Waals surface area (Å²) in [6, 6.07) is 12.1. The average Bonchev–Trinajstić information content (AvgIpc) is 2.87. The predicted octanol–water partition coefficient (Wildman–Crippen LogP) is 4.75. The lowest BCUT2D eigenvalue weighted by Crippen LogP contribution is -2.45. The van der Waals surface area contributed by atoms with E-state index in [9.17, 15) is 29.4 Å². The number of carbonyl (C=O) groups is 4. The fourth-order valence-electron chi connectivity index (χ4n) is 3.05. The molecule has 2 amide bonds. The Hall–Kier alpha value is -3.06. The van der Waals surface area contributed by atoms with E-state index in [1.807, 2.05) is 0 Å². The standard InChI is InChI=1S/C28H36N2O8S2/c1-27(2,3)37-16-20(25(33)34)29-23(31)19-14-10-11-15-22(19)39-40-30(24(32)18-12-8-7-9-13-18)21(26(35)36)17-38-28(4,5)6/h7-15,20-21H,16-17H2,1-6H3,(H,29,31)(H,33,34)(H,35,36). The third-order valence-corrected chi connectivity index (χ3v) is 7.52. The summed E-state index contributed by atoms with van der Waals surface area (Å²) in [4.78, 5) is 51.0. The van der Waals surface area contributed by atoms with Gasteiger partial charge in [-0.3, -0.25) is 13.9 Å². The molecule has 0 saturated heterocycles. The molecule has 3 N–H and O–H groups in total. The molecule has 2 aromatic carbocycles. The Morgan fingerprint density at radius 2 is 1.38 bits per heavy atom. The van der Waals surface area contributed by atoms with Crippen molar-refractivity contribution >= 4 is 45.5 Å². The maximum atomic E-state index is 13.4. The third-order valence-electron chi connectivity index (χ3n) is 5.09. The highest BCUT2D eigenvalue weighted by molar-refractivity contribution is 8.76. The van der Waals surface area contributed by atoms with Gasteiger partial charge in [0.2, 0.25) is 0 Å². The number of carboxylic acid groups (broad SMARTS) is 2. The minimum absolute atomic E-state index is 0.159. The Labute approximate surface area is 242 Å². The molecule has 0 radical (unpaired) electrons. The molecule has 10 nitrogen and oxygen atoms in total. The molecule has 0 fully saturated rings. The molecule has 0 aliphatic heterocycles. The van der Waals surface area contributed by atoms with Crippen LogP contribution in [0.5, 0.6) is 0 Å². The third kappa shape index (κ3) is 10.8. The van der Waals surface area contributed by atoms with Crippen molar-refractivity contribution in [1.82, 2.24) is 9.62 Å². The minimum atomic E-state index is -1.34. The van der Waals surface area contributed by atoms with Crippen LogP contribution in [-0.4, -0.2) is 74.8 Å². The van der Waals surface area contributed by atoms with Gasteiger partial charge >= 0.3 is 11.9 Å². The Balaban J connectivity index is 2.32. The quantitative estimate of drug-likeness (QED) is 0.220. The number of amides is 2. The lowest BCUT2D eigenvalue weighted by molar-refractivity contribution is -0.144. The lowest BCUT2D eigenvalue weighted by Gasteiger charge is -2.30. The molecular formula is C28H36N2O8S2. The molecular weight excluding hydrogens is 556 g/mol. The van der Waals surface area contributed by atoms with Crippen LogP contribution < -0.4 is 5.32 Å². The largest absolute Gasteiger partial charge is 0.480 e. The van der Waals surface area contributed by atoms with E-state index in [4.69, 9.17) is 9.47 Å². The molecule has 2 aromatic rings. The fraction of sp³-hybridized carbons (Fsp3) is 0.429. The van der Waals surface area contributed by atoms with Crippen LogP contribution in [0, 0.1) is 0 Å². The first-order valence-corrected chi connectivity index (χ1v) is 14.6. The van der Waals surface area contributed by atoms with Crippen molar-refractivity contribution in [3.63, 3.8) is 0 Å². The van der Waals surface area contributed by atoms with E-state index in [-0.39, 0.29) is 24.3 Å². The fourth-order valence-corrected chi connectivity index (χ4v) is 5.46. The van der Waals surface area contributed by atoms with Crippen molar-refractivity contribution in [2.24, 2.45) is 0 Å². The Morgan fingerprint density at radius 3 is 1.93 bits per heavy atom. The molecule has 2 atom stereocenters. The number of nitrogens with zero attached hydrogens (tertiary/aromatic N) is 1. The van der Waals surface area contributed by atoms with Gasteiger partial charge in [-0.15, -0.1) is 0 Å². The van der Waals surface area contributed by atoms with E-state index in [0.29, 0.717) is 4.90 Å². The molecule has 12 heteroatoms. The zero-order valence-corrected chi connectivity index (χ0v) is 25.0. The van der Waals surface area contributed by atoms with E-state index in [2.05, 4.69) is 5.32 Å². The number of hydrogen-bond acceptors (Lipinski definition) is 8. The van der Waals surface area contributed by atoms with E-state index in [1.165, 1.54) is 6.07 Å². The van der Waals surface area contributed by atoms with Crippen LogP contribution in [0.2, 0.25) is 0 Å². The van der Waals surface area contributed by atoms with E-state index >= 15 is 0 Å². The number of rotatable bonds is 13. The SMILES string of the molecule is CC(C)(C)OCC(NC(=O)c1ccccc1SSN(C(=O)c1ccccc1)C(COC(C)(C)C)C(=O)O)C(=O)O. The zero-order valence-electron chi connectivity index (χ0n) is 23.4. The average molecular weight is 593 g/mol. The minimum Gasteiger partial charge on any atom is -0.480 e. The molecule has 0 aliphatic rings. The van der Waals surface area contributed by atoms with Crippen LogP contribution in [0.15, 0.2) is 59.5 Å². The molecule has 0 bridgehead atoms. The van der Waals surface area contributed by atoms with E-state index in [0.717, 1.165) is 26.1 Å².